The zero-order chi connectivity index (χ0) is 62.8. The van der Waals surface area contributed by atoms with Gasteiger partial charge in [-0.3, -0.25) is 9.59 Å². The molecule has 3 N–H and O–H groups in total. The number of carbonyl (C=O) groups excluding carboxylic acids is 2. The minimum Gasteiger partial charge on any atom is -0.466 e. The molecule has 0 aliphatic carbocycles. The number of rotatable bonds is 76. The van der Waals surface area contributed by atoms with Crippen LogP contribution in [0.3, 0.4) is 0 Å². The van der Waals surface area contributed by atoms with Crippen molar-refractivity contribution in [3.05, 3.63) is 24.3 Å². The number of ether oxygens (including phenoxy) is 1. The summed E-state index contributed by atoms with van der Waals surface area (Å²) in [5.41, 5.74) is 0. The Bertz CT molecular complexity index is 1360. The maximum Gasteiger partial charge on any atom is 0.305 e. The number of hydrogen-bond acceptors (Lipinski definition) is 5. The molecule has 0 heterocycles. The van der Waals surface area contributed by atoms with Gasteiger partial charge in [0.1, 0.15) is 0 Å². The first-order chi connectivity index (χ1) is 43.0. The van der Waals surface area contributed by atoms with Gasteiger partial charge in [0.25, 0.3) is 0 Å². The summed E-state index contributed by atoms with van der Waals surface area (Å²) < 4.78 is 5.49. The first-order valence-corrected chi connectivity index (χ1v) is 40.1. The van der Waals surface area contributed by atoms with Crippen molar-refractivity contribution in [2.45, 2.75) is 469 Å². The maximum absolute atomic E-state index is 12.6. The second kappa shape index (κ2) is 76.8. The quantitative estimate of drug-likeness (QED) is 0.0320. The molecule has 0 saturated heterocycles. The predicted molar refractivity (Wildman–Crippen MR) is 384 cm³/mol. The third-order valence-corrected chi connectivity index (χ3v) is 19.0. The van der Waals surface area contributed by atoms with Crippen LogP contribution in [0.1, 0.15) is 457 Å². The zero-order valence-corrected chi connectivity index (χ0v) is 59.3. The van der Waals surface area contributed by atoms with Gasteiger partial charge >= 0.3 is 5.97 Å². The zero-order valence-electron chi connectivity index (χ0n) is 59.3. The number of aliphatic hydroxyl groups excluding tert-OH is 2. The molecule has 6 nitrogen and oxygen atoms in total. The molecule has 0 fully saturated rings. The highest BCUT2D eigenvalue weighted by atomic mass is 16.5. The van der Waals surface area contributed by atoms with Crippen LogP contribution in [0.15, 0.2) is 24.3 Å². The lowest BCUT2D eigenvalue weighted by atomic mass is 10.0. The Hall–Kier alpha value is -1.66. The standard InChI is InChI=1S/C81H157NO5/c1-3-5-7-9-11-13-15-17-19-20-21-22-23-34-37-40-43-46-49-53-57-61-65-69-73-79(84)78(77-83)82-80(85)74-70-66-62-58-54-50-47-44-41-38-35-32-30-28-26-24-25-27-29-31-33-36-39-42-45-48-52-56-60-64-68-72-76-87-81(86)75-71-67-63-59-55-51-18-16-14-12-10-8-6-4-2/h16,18,27,29,78-79,83-84H,3-15,17,19-26,28,30-77H2,1-2H3,(H,82,85)/b18-16-,29-27-. The lowest BCUT2D eigenvalue weighted by Gasteiger charge is -2.22. The van der Waals surface area contributed by atoms with E-state index in [1.807, 2.05) is 0 Å². The van der Waals surface area contributed by atoms with Crippen LogP contribution in [0.25, 0.3) is 0 Å². The Labute approximate surface area is 545 Å². The molecule has 0 aromatic rings. The van der Waals surface area contributed by atoms with Gasteiger partial charge in [-0.2, -0.15) is 0 Å². The summed E-state index contributed by atoms with van der Waals surface area (Å²) in [5, 5.41) is 23.5. The van der Waals surface area contributed by atoms with Crippen LogP contribution in [-0.2, 0) is 14.3 Å². The molecule has 2 unspecified atom stereocenters. The Morgan fingerprint density at radius 3 is 0.816 bits per heavy atom. The monoisotopic (exact) mass is 1220 g/mol. The number of carbonyl (C=O) groups is 2. The molecule has 0 bridgehead atoms. The normalized spacial score (nSPS) is 12.6. The summed E-state index contributed by atoms with van der Waals surface area (Å²) in [6, 6.07) is -0.541. The van der Waals surface area contributed by atoms with Crippen molar-refractivity contribution in [1.82, 2.24) is 5.32 Å². The van der Waals surface area contributed by atoms with Crippen LogP contribution in [0.4, 0.5) is 0 Å². The number of nitrogens with one attached hydrogen (secondary N) is 1. The van der Waals surface area contributed by atoms with Crippen LogP contribution in [0, 0.1) is 0 Å². The average molecular weight is 1230 g/mol. The van der Waals surface area contributed by atoms with E-state index in [1.54, 1.807) is 0 Å². The number of hydrogen-bond donors (Lipinski definition) is 3. The van der Waals surface area contributed by atoms with Gasteiger partial charge in [0, 0.05) is 12.8 Å². The van der Waals surface area contributed by atoms with E-state index in [1.165, 1.54) is 379 Å². The van der Waals surface area contributed by atoms with Crippen molar-refractivity contribution in [2.24, 2.45) is 0 Å². The van der Waals surface area contributed by atoms with Gasteiger partial charge in [0.2, 0.25) is 5.91 Å². The van der Waals surface area contributed by atoms with E-state index in [9.17, 15) is 19.8 Å². The van der Waals surface area contributed by atoms with Crippen LogP contribution in [0.2, 0.25) is 0 Å². The van der Waals surface area contributed by atoms with Crippen molar-refractivity contribution in [3.8, 4) is 0 Å². The Kier molecular flexibility index (Phi) is 75.3. The van der Waals surface area contributed by atoms with E-state index in [2.05, 4.69) is 43.5 Å². The SMILES string of the molecule is CCCCCCC/C=C\CCCCCCCC(=O)OCCCCCCCCCCCCCC/C=C\CCCCCCCCCCCCCCCCCCC(=O)NC(CO)C(O)CCCCCCCCCCCCCCCCCCCCCCCCCC. The predicted octanol–water partition coefficient (Wildman–Crippen LogP) is 26.4. The topological polar surface area (TPSA) is 95.9 Å². The molecule has 516 valence electrons. The number of esters is 1. The highest BCUT2D eigenvalue weighted by molar-refractivity contribution is 5.76. The minimum atomic E-state index is -0.664. The van der Waals surface area contributed by atoms with Gasteiger partial charge in [0.05, 0.1) is 25.4 Å². The molecule has 0 aromatic carbocycles. The van der Waals surface area contributed by atoms with Crippen LogP contribution in [-0.4, -0.2) is 47.4 Å². The van der Waals surface area contributed by atoms with Gasteiger partial charge < -0.3 is 20.3 Å². The Morgan fingerprint density at radius 2 is 0.540 bits per heavy atom. The third kappa shape index (κ3) is 73.3. The van der Waals surface area contributed by atoms with Crippen LogP contribution >= 0.6 is 0 Å². The summed E-state index contributed by atoms with van der Waals surface area (Å²) >= 11 is 0. The number of aliphatic hydroxyl groups is 2. The summed E-state index contributed by atoms with van der Waals surface area (Å²) in [4.78, 5) is 24.6. The lowest BCUT2D eigenvalue weighted by Crippen LogP contribution is -2.45. The molecule has 0 aromatic heterocycles. The smallest absolute Gasteiger partial charge is 0.305 e. The van der Waals surface area contributed by atoms with Crippen LogP contribution in [0.5, 0.6) is 0 Å². The van der Waals surface area contributed by atoms with Crippen molar-refractivity contribution in [2.75, 3.05) is 13.2 Å². The van der Waals surface area contributed by atoms with Gasteiger partial charge in [-0.25, -0.2) is 0 Å². The second-order valence-electron chi connectivity index (χ2n) is 27.7. The molecule has 0 spiro atoms. The molecular weight excluding hydrogens is 1070 g/mol. The van der Waals surface area contributed by atoms with E-state index in [-0.39, 0.29) is 18.5 Å². The maximum atomic E-state index is 12.6. The molecule has 87 heavy (non-hydrogen) atoms. The lowest BCUT2D eigenvalue weighted by molar-refractivity contribution is -0.143. The Balaban J connectivity index is 3.36. The summed E-state index contributed by atoms with van der Waals surface area (Å²) in [6.45, 7) is 4.99. The fraction of sp³-hybridized carbons (Fsp3) is 0.926. The van der Waals surface area contributed by atoms with Crippen molar-refractivity contribution < 1.29 is 24.5 Å². The number of unbranched alkanes of at least 4 members (excludes halogenated alkanes) is 61. The summed E-state index contributed by atoms with van der Waals surface area (Å²) in [5.74, 6) is -0.0159. The van der Waals surface area contributed by atoms with E-state index in [0.717, 1.165) is 44.9 Å². The first-order valence-electron chi connectivity index (χ1n) is 40.1. The van der Waals surface area contributed by atoms with Gasteiger partial charge in [-0.15, -0.1) is 0 Å². The molecule has 0 rings (SSSR count). The molecule has 6 heteroatoms. The third-order valence-electron chi connectivity index (χ3n) is 19.0. The molecule has 1 amide bonds. The molecule has 0 radical (unpaired) electrons. The van der Waals surface area contributed by atoms with E-state index in [0.29, 0.717) is 25.9 Å². The van der Waals surface area contributed by atoms with Crippen molar-refractivity contribution >= 4 is 11.9 Å². The number of allylic oxidation sites excluding steroid dienone is 4. The molecule has 2 atom stereocenters. The highest BCUT2D eigenvalue weighted by Gasteiger charge is 2.20. The fourth-order valence-electron chi connectivity index (χ4n) is 12.9. The molecular formula is C81H157NO5. The average Bonchev–Trinajstić information content (AvgIpc) is 3.52. The molecule has 0 aliphatic heterocycles. The Morgan fingerprint density at radius 1 is 0.310 bits per heavy atom. The fourth-order valence-corrected chi connectivity index (χ4v) is 12.9. The second-order valence-corrected chi connectivity index (χ2v) is 27.7. The highest BCUT2D eigenvalue weighted by Crippen LogP contribution is 2.20. The molecule has 0 saturated carbocycles. The van der Waals surface area contributed by atoms with E-state index < -0.39 is 12.1 Å². The van der Waals surface area contributed by atoms with Gasteiger partial charge in [-0.05, 0) is 77.0 Å². The largest absolute Gasteiger partial charge is 0.466 e. The summed E-state index contributed by atoms with van der Waals surface area (Å²) in [7, 11) is 0. The van der Waals surface area contributed by atoms with E-state index in [4.69, 9.17) is 4.74 Å². The van der Waals surface area contributed by atoms with Crippen molar-refractivity contribution in [3.63, 3.8) is 0 Å². The molecule has 0 aliphatic rings. The first kappa shape index (κ1) is 85.3. The van der Waals surface area contributed by atoms with E-state index >= 15 is 0 Å². The number of amides is 1. The summed E-state index contributed by atoms with van der Waals surface area (Å²) in [6.07, 6.45) is 98.4. The van der Waals surface area contributed by atoms with Crippen LogP contribution < -0.4 is 5.32 Å². The van der Waals surface area contributed by atoms with Gasteiger partial charge in [-0.1, -0.05) is 391 Å². The van der Waals surface area contributed by atoms with Gasteiger partial charge in [0.15, 0.2) is 0 Å². The van der Waals surface area contributed by atoms with Crippen molar-refractivity contribution in [1.29, 1.82) is 0 Å². The minimum absolute atomic E-state index is 0.0106.